The van der Waals surface area contributed by atoms with Gasteiger partial charge in [-0.05, 0) is 168 Å². The number of aryl methyl sites for hydroxylation is 6. The Labute approximate surface area is 459 Å². The van der Waals surface area contributed by atoms with Crippen LogP contribution in [0.2, 0.25) is 0 Å². The van der Waals surface area contributed by atoms with Gasteiger partial charge in [-0.1, -0.05) is 133 Å². The van der Waals surface area contributed by atoms with Crippen LogP contribution >= 0.6 is 0 Å². The van der Waals surface area contributed by atoms with Crippen LogP contribution in [-0.4, -0.2) is 81.9 Å². The molecule has 0 radical (unpaired) electrons. The highest BCUT2D eigenvalue weighted by atomic mass is 16.4. The van der Waals surface area contributed by atoms with Crippen LogP contribution in [0.1, 0.15) is 123 Å². The molecule has 0 bridgehead atoms. The standard InChI is InChI=1S/C33H41N3O2.C25H34N2O.C8H9NO2/c37-32(22-21-29-17-9-23-34-25-29)36-24-10-18-30(26-36)33(38)35-31(19-7-15-27-11-3-1-4-12-27)20-8-16-28-13-5-2-6-14-28;28-25(23-16-9-19-26-20-23)27-24(17-7-14-21-10-3-1-4-11-21)18-8-15-22-12-5-2-6-13-22;10-8(11)4-3-7-2-1-5-9-6-7/h1-6,9,11-14,17,23,25,30-31H,7-8,10,15-16,18-22,24,26H2,(H,35,38);1-6,10-13,23-24,26H,7-9,14-20H2,(H,27,28);1-2,5-6H,3-4H2,(H,10,11). The predicted octanol–water partition coefficient (Wildman–Crippen LogP) is 11.4. The summed E-state index contributed by atoms with van der Waals surface area (Å²) in [6.45, 7) is 3.14. The third kappa shape index (κ3) is 24.3. The van der Waals surface area contributed by atoms with Crippen LogP contribution in [0.3, 0.4) is 0 Å². The second-order valence-electron chi connectivity index (χ2n) is 20.8. The van der Waals surface area contributed by atoms with Crippen LogP contribution in [0.15, 0.2) is 170 Å². The number of hydrogen-bond acceptors (Lipinski definition) is 7. The zero-order chi connectivity index (χ0) is 54.0. The molecule has 0 saturated carbocycles. The number of carbonyl (C=O) groups is 4. The summed E-state index contributed by atoms with van der Waals surface area (Å²) in [7, 11) is 0. The van der Waals surface area contributed by atoms with Crippen molar-refractivity contribution in [2.24, 2.45) is 11.8 Å². The van der Waals surface area contributed by atoms with E-state index in [9.17, 15) is 19.2 Å². The Morgan fingerprint density at radius 2 is 0.909 bits per heavy atom. The lowest BCUT2D eigenvalue weighted by Crippen LogP contribution is -2.47. The number of hydrogen-bond donors (Lipinski definition) is 4. The molecule has 3 amide bonds. The summed E-state index contributed by atoms with van der Waals surface area (Å²) in [5, 5.41) is 18.5. The minimum absolute atomic E-state index is 0.110. The molecule has 2 fully saturated rings. The Hall–Kier alpha value is -6.98. The number of carbonyl (C=O) groups excluding carboxylic acids is 3. The zero-order valence-electron chi connectivity index (χ0n) is 45.4. The fourth-order valence-corrected chi connectivity index (χ4v) is 10.3. The lowest BCUT2D eigenvalue weighted by atomic mass is 9.94. The van der Waals surface area contributed by atoms with E-state index >= 15 is 0 Å². The van der Waals surface area contributed by atoms with Gasteiger partial charge in [0.2, 0.25) is 17.7 Å². The van der Waals surface area contributed by atoms with Crippen LogP contribution in [0, 0.1) is 11.8 Å². The largest absolute Gasteiger partial charge is 0.481 e. The molecule has 6 aromatic rings. The number of nitrogens with one attached hydrogen (secondary N) is 3. The summed E-state index contributed by atoms with van der Waals surface area (Å²) in [5.74, 6) is -0.269. The van der Waals surface area contributed by atoms with Crippen molar-refractivity contribution in [3.63, 3.8) is 0 Å². The highest BCUT2D eigenvalue weighted by molar-refractivity contribution is 5.82. The minimum atomic E-state index is -0.770. The van der Waals surface area contributed by atoms with Crippen LogP contribution in [0.25, 0.3) is 0 Å². The van der Waals surface area contributed by atoms with Gasteiger partial charge in [-0.3, -0.25) is 29.1 Å². The lowest BCUT2D eigenvalue weighted by molar-refractivity contribution is -0.137. The van der Waals surface area contributed by atoms with Crippen molar-refractivity contribution in [3.05, 3.63) is 204 Å². The molecule has 11 heteroatoms. The van der Waals surface area contributed by atoms with Crippen molar-refractivity contribution >= 4 is 23.7 Å². The molecule has 2 aliphatic rings. The van der Waals surface area contributed by atoms with E-state index in [-0.39, 0.29) is 48.1 Å². The van der Waals surface area contributed by atoms with E-state index in [1.165, 1.54) is 22.3 Å². The van der Waals surface area contributed by atoms with Gasteiger partial charge in [0.25, 0.3) is 0 Å². The van der Waals surface area contributed by atoms with Gasteiger partial charge in [-0.15, -0.1) is 0 Å². The Kier molecular flexibility index (Phi) is 27.2. The number of carboxylic acids is 1. The first-order valence-corrected chi connectivity index (χ1v) is 28.5. The Bertz CT molecular complexity index is 2440. The number of aliphatic carboxylic acids is 1. The molecule has 2 atom stereocenters. The van der Waals surface area contributed by atoms with E-state index in [0.717, 1.165) is 133 Å². The molecule has 0 spiro atoms. The number of amides is 3. The van der Waals surface area contributed by atoms with Crippen LogP contribution in [-0.2, 0) is 57.7 Å². The normalized spacial score (nSPS) is 15.1. The first kappa shape index (κ1) is 59.3. The summed E-state index contributed by atoms with van der Waals surface area (Å²) >= 11 is 0. The number of pyridine rings is 2. The van der Waals surface area contributed by atoms with Gasteiger partial charge < -0.3 is 26.0 Å². The van der Waals surface area contributed by atoms with Crippen LogP contribution in [0.4, 0.5) is 0 Å². The summed E-state index contributed by atoms with van der Waals surface area (Å²) < 4.78 is 0. The summed E-state index contributed by atoms with van der Waals surface area (Å²) in [4.78, 5) is 59.0. The highest BCUT2D eigenvalue weighted by Gasteiger charge is 2.29. The topological polar surface area (TPSA) is 154 Å². The average Bonchev–Trinajstić information content (AvgIpc) is 3.48. The van der Waals surface area contributed by atoms with Gasteiger partial charge in [0.1, 0.15) is 0 Å². The second kappa shape index (κ2) is 35.4. The summed E-state index contributed by atoms with van der Waals surface area (Å²) in [6.07, 6.45) is 25.2. The lowest BCUT2D eigenvalue weighted by Gasteiger charge is -2.33. The number of carboxylic acid groups (broad SMARTS) is 1. The quantitative estimate of drug-likeness (QED) is 0.0419. The third-order valence-corrected chi connectivity index (χ3v) is 14.6. The smallest absolute Gasteiger partial charge is 0.303 e. The zero-order valence-corrected chi connectivity index (χ0v) is 45.4. The van der Waals surface area contributed by atoms with Gasteiger partial charge in [0.15, 0.2) is 0 Å². The van der Waals surface area contributed by atoms with Crippen molar-refractivity contribution < 1.29 is 24.3 Å². The maximum absolute atomic E-state index is 13.4. The van der Waals surface area contributed by atoms with Gasteiger partial charge in [-0.2, -0.15) is 0 Å². The fraction of sp³-hybridized carbons (Fsp3) is 0.424. The molecule has 2 aliphatic heterocycles. The first-order valence-electron chi connectivity index (χ1n) is 28.5. The second-order valence-corrected chi connectivity index (χ2v) is 20.8. The minimum Gasteiger partial charge on any atom is -0.481 e. The van der Waals surface area contributed by atoms with Crippen molar-refractivity contribution in [2.75, 3.05) is 26.2 Å². The van der Waals surface area contributed by atoms with E-state index in [1.807, 2.05) is 41.4 Å². The Balaban J connectivity index is 0.000000214. The van der Waals surface area contributed by atoms with Crippen molar-refractivity contribution in [1.82, 2.24) is 30.8 Å². The molecule has 4 aromatic carbocycles. The Morgan fingerprint density at radius 3 is 1.30 bits per heavy atom. The molecule has 408 valence electrons. The number of likely N-dealkylation sites (tertiary alicyclic amines) is 1. The van der Waals surface area contributed by atoms with E-state index in [1.54, 1.807) is 24.7 Å². The Morgan fingerprint density at radius 1 is 0.506 bits per heavy atom. The molecule has 2 unspecified atom stereocenters. The number of piperidine rings is 2. The summed E-state index contributed by atoms with van der Waals surface area (Å²) in [6, 6.07) is 50.4. The van der Waals surface area contributed by atoms with E-state index in [0.29, 0.717) is 25.8 Å². The van der Waals surface area contributed by atoms with Crippen molar-refractivity contribution in [3.8, 4) is 0 Å². The van der Waals surface area contributed by atoms with E-state index in [4.69, 9.17) is 5.11 Å². The molecule has 4 heterocycles. The van der Waals surface area contributed by atoms with Crippen molar-refractivity contribution in [1.29, 1.82) is 0 Å². The van der Waals surface area contributed by atoms with Crippen LogP contribution < -0.4 is 16.0 Å². The number of rotatable bonds is 26. The SMILES string of the molecule is O=C(NC(CCCc1ccccc1)CCCc1ccccc1)C1CCCN(C(=O)CCc2cccnc2)C1.O=C(NC(CCCc1ccccc1)CCCc1ccccc1)C1CCCNC1.O=C(O)CCc1cccnc1. The molecule has 11 nitrogen and oxygen atoms in total. The van der Waals surface area contributed by atoms with Gasteiger partial charge in [0.05, 0.1) is 11.8 Å². The fourth-order valence-electron chi connectivity index (χ4n) is 10.3. The van der Waals surface area contributed by atoms with E-state index in [2.05, 4.69) is 135 Å². The predicted molar refractivity (Wildman–Crippen MR) is 309 cm³/mol. The molecule has 8 rings (SSSR count). The van der Waals surface area contributed by atoms with Crippen LogP contribution in [0.5, 0.6) is 0 Å². The van der Waals surface area contributed by atoms with E-state index < -0.39 is 5.97 Å². The number of nitrogens with zero attached hydrogens (tertiary/aromatic N) is 3. The van der Waals surface area contributed by atoms with Gasteiger partial charge >= 0.3 is 5.97 Å². The average molecular weight is 1040 g/mol. The third-order valence-electron chi connectivity index (χ3n) is 14.6. The maximum atomic E-state index is 13.4. The molecular weight excluding hydrogens is 957 g/mol. The molecular formula is C66H84N6O5. The molecule has 4 N–H and O–H groups in total. The first-order chi connectivity index (χ1) is 37.8. The maximum Gasteiger partial charge on any atom is 0.303 e. The summed E-state index contributed by atoms with van der Waals surface area (Å²) in [5.41, 5.74) is 7.49. The van der Waals surface area contributed by atoms with Gasteiger partial charge in [-0.25, -0.2) is 0 Å². The molecule has 77 heavy (non-hydrogen) atoms. The molecule has 2 saturated heterocycles. The monoisotopic (exact) mass is 1040 g/mol. The van der Waals surface area contributed by atoms with Gasteiger partial charge in [0, 0.05) is 69.3 Å². The molecule has 0 aliphatic carbocycles. The molecule has 2 aromatic heterocycles. The van der Waals surface area contributed by atoms with Crippen molar-refractivity contribution in [2.45, 2.75) is 141 Å². The highest BCUT2D eigenvalue weighted by Crippen LogP contribution is 2.21. The number of benzene rings is 4. The number of aromatic nitrogens is 2.